The molecule has 2 aromatic carbocycles. The first-order valence-corrected chi connectivity index (χ1v) is 15.3. The number of morpholine rings is 1. The summed E-state index contributed by atoms with van der Waals surface area (Å²) in [5.41, 5.74) is 4.06. The molecule has 2 bridgehead atoms. The lowest BCUT2D eigenvalue weighted by Gasteiger charge is -2.27. The molecule has 1 N–H and O–H groups in total. The van der Waals surface area contributed by atoms with E-state index in [-0.39, 0.29) is 57.2 Å². The number of H-pyrrole nitrogens is 1. The second-order valence-corrected chi connectivity index (χ2v) is 12.7. The second-order valence-electron chi connectivity index (χ2n) is 12.3. The first-order valence-electron chi connectivity index (χ1n) is 14.9. The molecule has 1 saturated carbocycles. The summed E-state index contributed by atoms with van der Waals surface area (Å²) in [4.78, 5) is 33.7. The summed E-state index contributed by atoms with van der Waals surface area (Å²) in [6.45, 7) is 4.51. The van der Waals surface area contributed by atoms with Crippen LogP contribution in [0.25, 0.3) is 27.8 Å². The van der Waals surface area contributed by atoms with Gasteiger partial charge in [-0.1, -0.05) is 23.7 Å². The van der Waals surface area contributed by atoms with Crippen molar-refractivity contribution in [2.45, 2.75) is 50.7 Å². The first kappa shape index (κ1) is 28.1. The number of nitrogens with zero attached hydrogens (tertiary/aromatic N) is 4. The van der Waals surface area contributed by atoms with Gasteiger partial charge in [0.05, 0.1) is 47.4 Å². The monoisotopic (exact) mass is 627 g/mol. The first-order chi connectivity index (χ1) is 21.7. The van der Waals surface area contributed by atoms with E-state index in [4.69, 9.17) is 16.3 Å². The predicted molar refractivity (Wildman–Crippen MR) is 165 cm³/mol. The lowest BCUT2D eigenvalue weighted by atomic mass is 10.00. The normalized spacial score (nSPS) is 22.0. The van der Waals surface area contributed by atoms with E-state index in [0.29, 0.717) is 41.0 Å². The van der Waals surface area contributed by atoms with Crippen LogP contribution in [0.2, 0.25) is 5.02 Å². The summed E-state index contributed by atoms with van der Waals surface area (Å²) >= 11 is 6.73. The number of aromatic nitrogens is 4. The number of aryl methyl sites for hydroxylation is 2. The molecule has 3 aromatic heterocycles. The number of halogens is 3. The maximum Gasteiger partial charge on any atom is 0.274 e. The molecule has 5 heterocycles. The van der Waals surface area contributed by atoms with Gasteiger partial charge in [-0.25, -0.2) is 8.78 Å². The Morgan fingerprint density at radius 2 is 1.87 bits per heavy atom. The number of pyridine rings is 2. The highest BCUT2D eigenvalue weighted by atomic mass is 35.5. The number of carbonyl (C=O) groups excluding carboxylic acids is 1. The number of hydrogen-bond acceptors (Lipinski definition) is 5. The fourth-order valence-corrected chi connectivity index (χ4v) is 7.35. The zero-order valence-electron chi connectivity index (χ0n) is 24.5. The van der Waals surface area contributed by atoms with Crippen LogP contribution in [-0.2, 0) is 4.74 Å². The molecule has 8 rings (SSSR count). The van der Waals surface area contributed by atoms with Crippen LogP contribution >= 0.6 is 11.6 Å². The maximum absolute atomic E-state index is 16.4. The quantitative estimate of drug-likeness (QED) is 0.250. The van der Waals surface area contributed by atoms with Crippen LogP contribution in [0.5, 0.6) is 0 Å². The van der Waals surface area contributed by atoms with Crippen LogP contribution in [0.4, 0.5) is 8.78 Å². The summed E-state index contributed by atoms with van der Waals surface area (Å²) in [7, 11) is 0. The van der Waals surface area contributed by atoms with Gasteiger partial charge in [-0.15, -0.1) is 0 Å². The number of rotatable bonds is 5. The molecule has 45 heavy (non-hydrogen) atoms. The molecule has 228 valence electrons. The van der Waals surface area contributed by atoms with E-state index in [0.717, 1.165) is 24.0 Å². The van der Waals surface area contributed by atoms with Gasteiger partial charge in [0.15, 0.2) is 0 Å². The number of amides is 1. The third kappa shape index (κ3) is 4.49. The lowest BCUT2D eigenvalue weighted by Crippen LogP contribution is -2.41. The Morgan fingerprint density at radius 1 is 1.07 bits per heavy atom. The van der Waals surface area contributed by atoms with Gasteiger partial charge in [0.2, 0.25) is 0 Å². The fraction of sp³-hybridized carbons (Fsp3) is 0.294. The van der Waals surface area contributed by atoms with Crippen LogP contribution in [0.3, 0.4) is 0 Å². The molecule has 8 nitrogen and oxygen atoms in total. The summed E-state index contributed by atoms with van der Waals surface area (Å²) in [5, 5.41) is 7.46. The summed E-state index contributed by atoms with van der Waals surface area (Å²) in [6.07, 6.45) is 4.57. The number of fused-ring (bicyclic) bond motifs is 3. The van der Waals surface area contributed by atoms with E-state index in [1.165, 1.54) is 22.9 Å². The topological polar surface area (TPSA) is 93.1 Å². The summed E-state index contributed by atoms with van der Waals surface area (Å²) < 4.78 is 37.0. The van der Waals surface area contributed by atoms with E-state index in [1.807, 2.05) is 19.9 Å². The number of carbonyl (C=O) groups is 1. The molecule has 0 radical (unpaired) electrons. The Labute approximate surface area is 261 Å². The molecule has 0 unspecified atom stereocenters. The molecule has 0 spiro atoms. The molecule has 2 saturated heterocycles. The lowest BCUT2D eigenvalue weighted by molar-refractivity contribution is 0.0257. The minimum Gasteiger partial charge on any atom is -0.374 e. The van der Waals surface area contributed by atoms with Crippen molar-refractivity contribution in [2.24, 2.45) is 0 Å². The van der Waals surface area contributed by atoms with Crippen molar-refractivity contribution in [3.63, 3.8) is 0 Å². The molecule has 5 aromatic rings. The van der Waals surface area contributed by atoms with Gasteiger partial charge >= 0.3 is 0 Å². The molecule has 3 fully saturated rings. The fourth-order valence-electron chi connectivity index (χ4n) is 7.08. The highest BCUT2D eigenvalue weighted by Crippen LogP contribution is 2.56. The van der Waals surface area contributed by atoms with Crippen molar-refractivity contribution in [2.75, 3.05) is 13.2 Å². The Hall–Kier alpha value is -4.41. The molecular weight excluding hydrogens is 600 g/mol. The van der Waals surface area contributed by atoms with Crippen molar-refractivity contribution >= 4 is 28.4 Å². The highest BCUT2D eigenvalue weighted by Gasteiger charge is 2.43. The van der Waals surface area contributed by atoms with Gasteiger partial charge in [-0.05, 0) is 85.5 Å². The number of benzene rings is 2. The largest absolute Gasteiger partial charge is 0.374 e. The van der Waals surface area contributed by atoms with Crippen LogP contribution in [0.15, 0.2) is 59.7 Å². The molecule has 4 atom stereocenters. The van der Waals surface area contributed by atoms with Crippen molar-refractivity contribution in [3.8, 4) is 16.9 Å². The Kier molecular flexibility index (Phi) is 6.44. The number of likely N-dealkylation sites (tertiary alicyclic amines) is 1. The maximum atomic E-state index is 16.4. The van der Waals surface area contributed by atoms with Gasteiger partial charge in [-0.3, -0.25) is 24.2 Å². The third-order valence-electron chi connectivity index (χ3n) is 9.50. The molecular formula is C34H28ClF2N5O3. The van der Waals surface area contributed by atoms with Crippen LogP contribution in [-0.4, -0.2) is 55.9 Å². The molecule has 3 aliphatic rings. The van der Waals surface area contributed by atoms with Gasteiger partial charge in [-0.2, -0.15) is 5.10 Å². The van der Waals surface area contributed by atoms with Crippen LogP contribution in [0, 0.1) is 25.5 Å². The Bertz CT molecular complexity index is 2090. The minimum atomic E-state index is -0.696. The average Bonchev–Trinajstić information content (AvgIpc) is 3.32. The van der Waals surface area contributed by atoms with E-state index >= 15 is 4.39 Å². The van der Waals surface area contributed by atoms with Crippen molar-refractivity contribution < 1.29 is 18.3 Å². The van der Waals surface area contributed by atoms with Crippen LogP contribution in [0.1, 0.15) is 57.4 Å². The average molecular weight is 628 g/mol. The van der Waals surface area contributed by atoms with Gasteiger partial charge in [0.25, 0.3) is 11.5 Å². The predicted octanol–water partition coefficient (Wildman–Crippen LogP) is 6.21. The number of hydrogen-bond donors (Lipinski definition) is 1. The van der Waals surface area contributed by atoms with Gasteiger partial charge in [0, 0.05) is 29.4 Å². The SMILES string of the molecule is Cc1cnc(-c2cc3[nH]ncc3c(C(=O)N3C[C@@H]4C[C@H]3CO4)c2F)cc1-n1c(C)cc([C@H]2C[C@@H]2c2ccc(F)cc2)c(Cl)c1=O. The van der Waals surface area contributed by atoms with E-state index in [2.05, 4.69) is 15.2 Å². The summed E-state index contributed by atoms with van der Waals surface area (Å²) in [5.74, 6) is -1.18. The zero-order valence-corrected chi connectivity index (χ0v) is 25.2. The summed E-state index contributed by atoms with van der Waals surface area (Å²) in [6, 6.07) is 11.5. The van der Waals surface area contributed by atoms with Crippen molar-refractivity contribution in [1.82, 2.24) is 24.6 Å². The Balaban J connectivity index is 1.19. The molecule has 1 amide bonds. The van der Waals surface area contributed by atoms with E-state index < -0.39 is 11.7 Å². The third-order valence-corrected chi connectivity index (χ3v) is 9.88. The van der Waals surface area contributed by atoms with E-state index in [1.54, 1.807) is 35.4 Å². The van der Waals surface area contributed by atoms with Crippen molar-refractivity contribution in [1.29, 1.82) is 0 Å². The number of ether oxygens (including phenoxy) is 1. The molecule has 2 aliphatic heterocycles. The Morgan fingerprint density at radius 3 is 2.60 bits per heavy atom. The van der Waals surface area contributed by atoms with Crippen molar-refractivity contribution in [3.05, 3.63) is 110 Å². The number of nitrogens with one attached hydrogen (secondary N) is 1. The minimum absolute atomic E-state index is 0.0279. The smallest absolute Gasteiger partial charge is 0.274 e. The molecule has 1 aliphatic carbocycles. The zero-order chi connectivity index (χ0) is 31.1. The second kappa shape index (κ2) is 10.3. The number of aromatic amines is 1. The standard InChI is InChI=1S/C34H28ClF2N5O3/c1-16-12-38-27(25-10-28-26(13-39-40-28)30(32(25)37)33(43)41-14-21-8-20(41)15-45-21)11-29(16)42-17(2)7-24(31(35)34(42)44)23-9-22(23)18-3-5-19(36)6-4-18/h3-7,10-13,20-23H,8-9,14-15H2,1-2H3,(H,39,40)/t20-,21-,22+,23-/m0/s1. The van der Waals surface area contributed by atoms with E-state index in [9.17, 15) is 14.0 Å². The highest BCUT2D eigenvalue weighted by molar-refractivity contribution is 6.31. The van der Waals surface area contributed by atoms with Gasteiger partial charge in [0.1, 0.15) is 16.7 Å². The molecule has 11 heteroatoms. The van der Waals surface area contributed by atoms with Gasteiger partial charge < -0.3 is 9.64 Å². The van der Waals surface area contributed by atoms with Crippen LogP contribution < -0.4 is 5.56 Å².